The maximum atomic E-state index is 13.5. The Morgan fingerprint density at radius 1 is 1.07 bits per heavy atom. The molecule has 9 nitrogen and oxygen atoms in total. The van der Waals surface area contributed by atoms with E-state index in [2.05, 4.69) is 50.9 Å². The van der Waals surface area contributed by atoms with Crippen LogP contribution in [-0.4, -0.2) is 74.7 Å². The number of aliphatic carboxylic acids is 1. The summed E-state index contributed by atoms with van der Waals surface area (Å²) in [4.78, 5) is 25.5. The summed E-state index contributed by atoms with van der Waals surface area (Å²) in [6.07, 6.45) is -3.73. The summed E-state index contributed by atoms with van der Waals surface area (Å²) >= 11 is 0. The van der Waals surface area contributed by atoms with Gasteiger partial charge in [-0.1, -0.05) is 29.8 Å². The topological polar surface area (TPSA) is 101 Å². The molecular formula is C27H29F4N5O4. The number of alkyl halides is 3. The van der Waals surface area contributed by atoms with E-state index in [1.165, 1.54) is 30.4 Å². The molecule has 1 spiro atoms. The zero-order chi connectivity index (χ0) is 29.1. The number of amides is 1. The summed E-state index contributed by atoms with van der Waals surface area (Å²) in [5.74, 6) is -1.58. The summed E-state index contributed by atoms with van der Waals surface area (Å²) in [5, 5.41) is 16.0. The molecule has 2 aliphatic heterocycles. The van der Waals surface area contributed by atoms with Crippen molar-refractivity contribution in [3.8, 4) is 11.4 Å². The molecule has 0 atom stereocenters. The molecular weight excluding hydrogens is 534 g/mol. The van der Waals surface area contributed by atoms with Gasteiger partial charge in [-0.3, -0.25) is 9.80 Å². The highest BCUT2D eigenvalue weighted by atomic mass is 19.4. The van der Waals surface area contributed by atoms with Crippen LogP contribution in [0, 0.1) is 12.7 Å². The Morgan fingerprint density at radius 2 is 1.73 bits per heavy atom. The lowest BCUT2D eigenvalue weighted by molar-refractivity contribution is -0.192. The van der Waals surface area contributed by atoms with Crippen LogP contribution in [0.2, 0.25) is 0 Å². The number of likely N-dealkylation sites (tertiary alicyclic amines) is 1. The van der Waals surface area contributed by atoms with Crippen LogP contribution in [0.1, 0.15) is 29.8 Å². The molecule has 13 heteroatoms. The van der Waals surface area contributed by atoms with E-state index in [4.69, 9.17) is 14.6 Å². The third kappa shape index (κ3) is 6.41. The van der Waals surface area contributed by atoms with E-state index in [1.807, 2.05) is 0 Å². The van der Waals surface area contributed by atoms with Crippen molar-refractivity contribution < 1.29 is 37.0 Å². The Bertz CT molecular complexity index is 1350. The third-order valence-corrected chi connectivity index (χ3v) is 7.08. The van der Waals surface area contributed by atoms with Gasteiger partial charge < -0.3 is 14.4 Å². The molecule has 1 N–H and O–H groups in total. The second kappa shape index (κ2) is 11.6. The Balaban J connectivity index is 0.000000470. The predicted molar refractivity (Wildman–Crippen MR) is 136 cm³/mol. The van der Waals surface area contributed by atoms with Crippen LogP contribution in [0.15, 0.2) is 48.5 Å². The third-order valence-electron chi connectivity index (χ3n) is 7.08. The van der Waals surface area contributed by atoms with Crippen LogP contribution in [0.5, 0.6) is 0 Å². The number of piperidine rings is 1. The molecule has 0 unspecified atom stereocenters. The van der Waals surface area contributed by atoms with Gasteiger partial charge in [0.1, 0.15) is 5.82 Å². The van der Waals surface area contributed by atoms with Gasteiger partial charge in [-0.25, -0.2) is 14.0 Å². The van der Waals surface area contributed by atoms with Gasteiger partial charge in [0.2, 0.25) is 0 Å². The molecule has 40 heavy (non-hydrogen) atoms. The van der Waals surface area contributed by atoms with E-state index < -0.39 is 12.1 Å². The summed E-state index contributed by atoms with van der Waals surface area (Å²) < 4.78 is 52.5. The second-order valence-corrected chi connectivity index (χ2v) is 9.90. The standard InChI is InChI=1S/C25H28FN5O2.C2HF3O2/c1-18-4-3-5-19(14-18)15-29-12-10-25(11-13-29)17-30(24(32)33-2)16-22-27-28-23(31(22)25)20-6-8-21(26)9-7-20;3-2(4,5)1(6)7/h3-9,14H,10-13,15-17H2,1-2H3;(H,6,7). The van der Waals surface area contributed by atoms with Gasteiger partial charge in [0.05, 0.1) is 19.2 Å². The van der Waals surface area contributed by atoms with Crippen molar-refractivity contribution in [3.63, 3.8) is 0 Å². The number of carbonyl (C=O) groups is 2. The van der Waals surface area contributed by atoms with Crippen LogP contribution >= 0.6 is 0 Å². The Hall–Kier alpha value is -4.00. The number of aryl methyl sites for hydroxylation is 1. The zero-order valence-electron chi connectivity index (χ0n) is 22.0. The van der Waals surface area contributed by atoms with Crippen molar-refractivity contribution in [1.82, 2.24) is 24.6 Å². The molecule has 1 aromatic heterocycles. The first-order valence-corrected chi connectivity index (χ1v) is 12.5. The summed E-state index contributed by atoms with van der Waals surface area (Å²) in [6.45, 7) is 5.68. The van der Waals surface area contributed by atoms with Crippen molar-refractivity contribution in [2.45, 2.75) is 44.6 Å². The highest BCUT2D eigenvalue weighted by molar-refractivity contribution is 5.73. The summed E-state index contributed by atoms with van der Waals surface area (Å²) in [5.41, 5.74) is 3.06. The van der Waals surface area contributed by atoms with Crippen molar-refractivity contribution in [2.24, 2.45) is 0 Å². The van der Waals surface area contributed by atoms with Crippen LogP contribution in [0.4, 0.5) is 22.4 Å². The predicted octanol–water partition coefficient (Wildman–Crippen LogP) is 4.60. The van der Waals surface area contributed by atoms with E-state index in [1.54, 1.807) is 17.0 Å². The Labute approximate surface area is 228 Å². The van der Waals surface area contributed by atoms with Gasteiger partial charge in [0, 0.05) is 31.7 Å². The van der Waals surface area contributed by atoms with Crippen molar-refractivity contribution in [1.29, 1.82) is 0 Å². The lowest BCUT2D eigenvalue weighted by atomic mass is 9.84. The molecule has 0 bridgehead atoms. The minimum Gasteiger partial charge on any atom is -0.475 e. The summed E-state index contributed by atoms with van der Waals surface area (Å²) in [6, 6.07) is 15.0. The van der Waals surface area contributed by atoms with Crippen LogP contribution in [-0.2, 0) is 28.2 Å². The molecule has 2 aromatic carbocycles. The number of hydrogen-bond acceptors (Lipinski definition) is 6. The number of nitrogens with zero attached hydrogens (tertiary/aromatic N) is 5. The van der Waals surface area contributed by atoms with Gasteiger partial charge in [0.15, 0.2) is 11.6 Å². The maximum Gasteiger partial charge on any atom is 0.490 e. The molecule has 1 saturated heterocycles. The number of carboxylic acid groups (broad SMARTS) is 1. The SMILES string of the molecule is COC(=O)N1Cc2nnc(-c3ccc(F)cc3)n2C2(CCN(Cc3cccc(C)c3)CC2)C1.O=C(O)C(F)(F)F. The monoisotopic (exact) mass is 563 g/mol. The molecule has 3 heterocycles. The average molecular weight is 564 g/mol. The zero-order valence-corrected chi connectivity index (χ0v) is 22.0. The van der Waals surface area contributed by atoms with Crippen molar-refractivity contribution in [3.05, 3.63) is 71.3 Å². The van der Waals surface area contributed by atoms with Gasteiger partial charge in [-0.05, 0) is 49.6 Å². The maximum absolute atomic E-state index is 13.5. The molecule has 0 saturated carbocycles. The summed E-state index contributed by atoms with van der Waals surface area (Å²) in [7, 11) is 1.41. The molecule has 2 aliphatic rings. The van der Waals surface area contributed by atoms with Gasteiger partial charge in [-0.15, -0.1) is 10.2 Å². The number of hydrogen-bond donors (Lipinski definition) is 1. The minimum atomic E-state index is -5.08. The van der Waals surface area contributed by atoms with Crippen LogP contribution < -0.4 is 0 Å². The fraction of sp³-hybridized carbons (Fsp3) is 0.407. The van der Waals surface area contributed by atoms with E-state index in [0.717, 1.165) is 49.7 Å². The van der Waals surface area contributed by atoms with Crippen LogP contribution in [0.3, 0.4) is 0 Å². The molecule has 0 radical (unpaired) electrons. The normalized spacial score (nSPS) is 16.6. The Morgan fingerprint density at radius 3 is 2.30 bits per heavy atom. The number of aromatic nitrogens is 3. The fourth-order valence-electron chi connectivity index (χ4n) is 5.19. The van der Waals surface area contributed by atoms with Crippen molar-refractivity contribution >= 4 is 12.1 Å². The van der Waals surface area contributed by atoms with Gasteiger partial charge in [0.25, 0.3) is 0 Å². The number of rotatable bonds is 3. The molecule has 3 aromatic rings. The average Bonchev–Trinajstić information content (AvgIpc) is 3.35. The first-order chi connectivity index (χ1) is 18.9. The quantitative estimate of drug-likeness (QED) is 0.465. The van der Waals surface area contributed by atoms with Crippen LogP contribution in [0.25, 0.3) is 11.4 Å². The van der Waals surface area contributed by atoms with E-state index in [9.17, 15) is 22.4 Å². The number of methoxy groups -OCH3 is 1. The lowest BCUT2D eigenvalue weighted by Gasteiger charge is -2.48. The fourth-order valence-corrected chi connectivity index (χ4v) is 5.19. The Kier molecular flexibility index (Phi) is 8.43. The number of halogens is 4. The lowest BCUT2D eigenvalue weighted by Crippen LogP contribution is -2.57. The number of carbonyl (C=O) groups excluding carboxylic acids is 1. The first kappa shape index (κ1) is 29.0. The highest BCUT2D eigenvalue weighted by Crippen LogP contribution is 2.39. The van der Waals surface area contributed by atoms with E-state index in [-0.39, 0.29) is 17.4 Å². The molecule has 5 rings (SSSR count). The van der Waals surface area contributed by atoms with E-state index in [0.29, 0.717) is 13.1 Å². The minimum absolute atomic E-state index is 0.284. The molecule has 0 aliphatic carbocycles. The second-order valence-electron chi connectivity index (χ2n) is 9.90. The first-order valence-electron chi connectivity index (χ1n) is 12.5. The largest absolute Gasteiger partial charge is 0.490 e. The molecule has 1 fully saturated rings. The van der Waals surface area contributed by atoms with Crippen molar-refractivity contribution in [2.75, 3.05) is 26.7 Å². The molecule has 1 amide bonds. The number of ether oxygens (including phenoxy) is 1. The number of fused-ring (bicyclic) bond motifs is 2. The number of benzene rings is 2. The smallest absolute Gasteiger partial charge is 0.475 e. The van der Waals surface area contributed by atoms with Gasteiger partial charge in [-0.2, -0.15) is 13.2 Å². The van der Waals surface area contributed by atoms with E-state index >= 15 is 0 Å². The van der Waals surface area contributed by atoms with Gasteiger partial charge >= 0.3 is 18.2 Å². The highest BCUT2D eigenvalue weighted by Gasteiger charge is 2.46. The number of carboxylic acids is 1. The molecule has 214 valence electrons.